The lowest BCUT2D eigenvalue weighted by Gasteiger charge is -2.36. The van der Waals surface area contributed by atoms with Crippen LogP contribution in [0.1, 0.15) is 12.8 Å². The van der Waals surface area contributed by atoms with Gasteiger partial charge in [0.2, 0.25) is 0 Å². The van der Waals surface area contributed by atoms with Crippen LogP contribution in [0.25, 0.3) is 0 Å². The molecule has 1 fully saturated rings. The van der Waals surface area contributed by atoms with Crippen molar-refractivity contribution in [1.82, 2.24) is 0 Å². The highest BCUT2D eigenvalue weighted by Crippen LogP contribution is 2.26. The summed E-state index contributed by atoms with van der Waals surface area (Å²) in [6.07, 6.45) is 1.45. The Balaban J connectivity index is 2.04. The largest absolute Gasteiger partial charge is 0.381 e. The van der Waals surface area contributed by atoms with Gasteiger partial charge in [-0.2, -0.15) is 0 Å². The number of nitro groups is 1. The monoisotopic (exact) mass is 284 g/mol. The zero-order valence-electron chi connectivity index (χ0n) is 11.2. The molecular weight excluding hydrogens is 267 g/mol. The van der Waals surface area contributed by atoms with Crippen molar-refractivity contribution in [3.8, 4) is 0 Å². The number of rotatable bonds is 5. The molecule has 1 aliphatic rings. The van der Waals surface area contributed by atoms with Gasteiger partial charge < -0.3 is 14.8 Å². The Labute approximate surface area is 116 Å². The van der Waals surface area contributed by atoms with Crippen LogP contribution in [-0.2, 0) is 9.47 Å². The van der Waals surface area contributed by atoms with E-state index in [1.165, 1.54) is 12.1 Å². The van der Waals surface area contributed by atoms with Crippen LogP contribution in [0, 0.1) is 15.9 Å². The van der Waals surface area contributed by atoms with Crippen LogP contribution in [0.5, 0.6) is 0 Å². The third-order valence-electron chi connectivity index (χ3n) is 3.60. The van der Waals surface area contributed by atoms with Gasteiger partial charge in [0.25, 0.3) is 5.69 Å². The van der Waals surface area contributed by atoms with Crippen molar-refractivity contribution < 1.29 is 18.8 Å². The highest BCUT2D eigenvalue weighted by Gasteiger charge is 2.32. The van der Waals surface area contributed by atoms with Gasteiger partial charge in [0.1, 0.15) is 0 Å². The average molecular weight is 284 g/mol. The summed E-state index contributed by atoms with van der Waals surface area (Å²) in [6.45, 7) is 1.65. The maximum Gasteiger partial charge on any atom is 0.272 e. The maximum absolute atomic E-state index is 13.8. The quantitative estimate of drug-likeness (QED) is 0.663. The molecule has 0 aliphatic carbocycles. The Morgan fingerprint density at radius 3 is 2.75 bits per heavy atom. The number of non-ortho nitro benzene ring substituents is 1. The molecule has 1 saturated heterocycles. The number of anilines is 1. The lowest BCUT2D eigenvalue weighted by Crippen LogP contribution is -2.44. The normalized spacial score (nSPS) is 17.7. The van der Waals surface area contributed by atoms with E-state index in [0.29, 0.717) is 19.8 Å². The number of benzene rings is 1. The van der Waals surface area contributed by atoms with Gasteiger partial charge in [-0.25, -0.2) is 4.39 Å². The molecule has 1 aromatic rings. The predicted octanol–water partition coefficient (Wildman–Crippen LogP) is 2.34. The number of nitrogens with one attached hydrogen (secondary N) is 1. The number of hydrogen-bond acceptors (Lipinski definition) is 5. The van der Waals surface area contributed by atoms with E-state index in [9.17, 15) is 14.5 Å². The molecule has 0 amide bonds. The molecule has 0 unspecified atom stereocenters. The predicted molar refractivity (Wildman–Crippen MR) is 71.3 cm³/mol. The van der Waals surface area contributed by atoms with Gasteiger partial charge >= 0.3 is 0 Å². The van der Waals surface area contributed by atoms with Crippen molar-refractivity contribution >= 4 is 11.4 Å². The second-order valence-corrected chi connectivity index (χ2v) is 4.77. The Morgan fingerprint density at radius 1 is 1.50 bits per heavy atom. The Bertz CT molecular complexity index is 489. The van der Waals surface area contributed by atoms with Crippen molar-refractivity contribution in [2.45, 2.75) is 18.4 Å². The number of ether oxygens (including phenoxy) is 2. The minimum absolute atomic E-state index is 0.235. The molecule has 7 heteroatoms. The highest BCUT2D eigenvalue weighted by atomic mass is 19.1. The minimum Gasteiger partial charge on any atom is -0.381 e. The van der Waals surface area contributed by atoms with Crippen LogP contribution in [0.15, 0.2) is 18.2 Å². The van der Waals surface area contributed by atoms with Crippen LogP contribution in [0.2, 0.25) is 0 Å². The second kappa shape index (κ2) is 6.15. The summed E-state index contributed by atoms with van der Waals surface area (Å²) < 4.78 is 24.6. The first-order valence-electron chi connectivity index (χ1n) is 6.37. The number of nitrogens with zero attached hydrogens (tertiary/aromatic N) is 1. The first kappa shape index (κ1) is 14.7. The van der Waals surface area contributed by atoms with E-state index >= 15 is 0 Å². The maximum atomic E-state index is 13.8. The van der Waals surface area contributed by atoms with Crippen molar-refractivity contribution in [1.29, 1.82) is 0 Å². The number of nitro benzene ring substituents is 1. The van der Waals surface area contributed by atoms with Gasteiger partial charge in [-0.15, -0.1) is 0 Å². The van der Waals surface area contributed by atoms with Crippen LogP contribution in [0.4, 0.5) is 15.8 Å². The summed E-state index contributed by atoms with van der Waals surface area (Å²) >= 11 is 0. The van der Waals surface area contributed by atoms with E-state index in [-0.39, 0.29) is 17.0 Å². The van der Waals surface area contributed by atoms with E-state index < -0.39 is 10.7 Å². The standard InChI is InChI=1S/C13H17FN2O4/c1-19-13(4-6-20-7-5-13)9-15-12-3-2-10(16(17)18)8-11(12)14/h2-3,8,15H,4-7,9H2,1H3. The zero-order chi connectivity index (χ0) is 14.6. The molecule has 0 bridgehead atoms. The molecule has 110 valence electrons. The molecule has 0 aromatic heterocycles. The van der Waals surface area contributed by atoms with E-state index in [4.69, 9.17) is 9.47 Å². The van der Waals surface area contributed by atoms with Crippen molar-refractivity contribution in [2.75, 3.05) is 32.2 Å². The molecule has 0 saturated carbocycles. The van der Waals surface area contributed by atoms with Crippen LogP contribution in [-0.4, -0.2) is 37.4 Å². The molecule has 1 N–H and O–H groups in total. The fourth-order valence-corrected chi connectivity index (χ4v) is 2.21. The van der Waals surface area contributed by atoms with Gasteiger partial charge in [0.15, 0.2) is 5.82 Å². The molecule has 1 aromatic carbocycles. The summed E-state index contributed by atoms with van der Waals surface area (Å²) in [5.41, 5.74) is -0.411. The van der Waals surface area contributed by atoms with E-state index in [1.54, 1.807) is 7.11 Å². The highest BCUT2D eigenvalue weighted by molar-refractivity contribution is 5.50. The zero-order valence-corrected chi connectivity index (χ0v) is 11.2. The summed E-state index contributed by atoms with van der Waals surface area (Å²) in [5, 5.41) is 13.5. The summed E-state index contributed by atoms with van der Waals surface area (Å²) in [5.74, 6) is -0.641. The van der Waals surface area contributed by atoms with Crippen LogP contribution < -0.4 is 5.32 Å². The van der Waals surface area contributed by atoms with Crippen LogP contribution >= 0.6 is 0 Å². The third-order valence-corrected chi connectivity index (χ3v) is 3.60. The molecule has 2 rings (SSSR count). The van der Waals surface area contributed by atoms with Gasteiger partial charge in [0.05, 0.1) is 22.3 Å². The lowest BCUT2D eigenvalue weighted by atomic mass is 9.94. The van der Waals surface area contributed by atoms with Gasteiger partial charge in [-0.1, -0.05) is 0 Å². The van der Waals surface area contributed by atoms with Crippen LogP contribution in [0.3, 0.4) is 0 Å². The number of halogens is 1. The molecule has 6 nitrogen and oxygen atoms in total. The minimum atomic E-state index is -0.641. The SMILES string of the molecule is COC1(CNc2ccc([N+](=O)[O-])cc2F)CCOCC1. The third kappa shape index (κ3) is 3.23. The Hall–Kier alpha value is -1.73. The first-order valence-corrected chi connectivity index (χ1v) is 6.37. The van der Waals surface area contributed by atoms with Crippen molar-refractivity contribution in [2.24, 2.45) is 0 Å². The molecular formula is C13H17FN2O4. The first-order chi connectivity index (χ1) is 9.56. The molecule has 0 atom stereocenters. The van der Waals surface area contributed by atoms with Gasteiger partial charge in [0, 0.05) is 45.8 Å². The number of hydrogen-bond donors (Lipinski definition) is 1. The molecule has 20 heavy (non-hydrogen) atoms. The summed E-state index contributed by atoms with van der Waals surface area (Å²) in [7, 11) is 1.62. The fraction of sp³-hybridized carbons (Fsp3) is 0.538. The Kier molecular flexibility index (Phi) is 4.51. The van der Waals surface area contributed by atoms with Gasteiger partial charge in [-0.3, -0.25) is 10.1 Å². The molecule has 0 radical (unpaired) electrons. The lowest BCUT2D eigenvalue weighted by molar-refractivity contribution is -0.385. The average Bonchev–Trinajstić information content (AvgIpc) is 2.47. The fourth-order valence-electron chi connectivity index (χ4n) is 2.21. The second-order valence-electron chi connectivity index (χ2n) is 4.77. The summed E-state index contributed by atoms with van der Waals surface area (Å²) in [6, 6.07) is 3.55. The smallest absolute Gasteiger partial charge is 0.272 e. The Morgan fingerprint density at radius 2 is 2.20 bits per heavy atom. The van der Waals surface area contributed by atoms with E-state index in [2.05, 4.69) is 5.32 Å². The molecule has 1 aliphatic heterocycles. The van der Waals surface area contributed by atoms with Gasteiger partial charge in [-0.05, 0) is 6.07 Å². The van der Waals surface area contributed by atoms with Crippen molar-refractivity contribution in [3.05, 3.63) is 34.1 Å². The van der Waals surface area contributed by atoms with Crippen molar-refractivity contribution in [3.63, 3.8) is 0 Å². The molecule has 0 spiro atoms. The molecule has 1 heterocycles. The number of methoxy groups -OCH3 is 1. The van der Waals surface area contributed by atoms with E-state index in [0.717, 1.165) is 18.9 Å². The van der Waals surface area contributed by atoms with E-state index in [1.807, 2.05) is 0 Å². The topological polar surface area (TPSA) is 73.6 Å². The summed E-state index contributed by atoms with van der Waals surface area (Å²) in [4.78, 5) is 9.93.